The number of sulfonamides is 1. The third-order valence-electron chi connectivity index (χ3n) is 3.56. The Kier molecular flexibility index (Phi) is 6.92. The normalized spacial score (nSPS) is 13.6. The zero-order valence-corrected chi connectivity index (χ0v) is 16.4. The van der Waals surface area contributed by atoms with Gasteiger partial charge in [0.1, 0.15) is 11.6 Å². The Bertz CT molecular complexity index is 919. The van der Waals surface area contributed by atoms with Crippen LogP contribution in [0.15, 0.2) is 47.4 Å². The first-order valence-electron chi connectivity index (χ1n) is 7.85. The summed E-state index contributed by atoms with van der Waals surface area (Å²) < 4.78 is 81.6. The highest BCUT2D eigenvalue weighted by atomic mass is 35.5. The summed E-state index contributed by atoms with van der Waals surface area (Å²) in [7, 11) is -0.651. The third-order valence-corrected chi connectivity index (χ3v) is 5.34. The van der Waals surface area contributed by atoms with Gasteiger partial charge in [-0.25, -0.2) is 17.5 Å². The molecule has 2 aromatic rings. The average molecular weight is 441 g/mol. The van der Waals surface area contributed by atoms with Crippen molar-refractivity contribution in [3.63, 3.8) is 0 Å². The standard InChI is InChI=1S/C17H17ClF4N2O3S/c1-24(2)10-16(11-3-8-15(19)14(18)9-11)23-28(25,26)13-6-4-12(5-7-13)27-17(20,21)22/h3-9,16,23H,10H2,1-2H3/t16-/m1/s1. The van der Waals surface area contributed by atoms with E-state index in [1.165, 1.54) is 12.1 Å². The number of halogens is 5. The van der Waals surface area contributed by atoms with Gasteiger partial charge in [0.15, 0.2) is 0 Å². The number of nitrogens with one attached hydrogen (secondary N) is 1. The monoisotopic (exact) mass is 440 g/mol. The molecular formula is C17H17ClF4N2O3S. The second-order valence-corrected chi connectivity index (χ2v) is 8.25. The van der Waals surface area contributed by atoms with Crippen molar-refractivity contribution in [2.45, 2.75) is 17.3 Å². The molecule has 0 aliphatic carbocycles. The van der Waals surface area contributed by atoms with Gasteiger partial charge in [0.05, 0.1) is 16.0 Å². The second-order valence-electron chi connectivity index (χ2n) is 6.13. The van der Waals surface area contributed by atoms with E-state index in [9.17, 15) is 26.0 Å². The number of benzene rings is 2. The number of alkyl halides is 3. The lowest BCUT2D eigenvalue weighted by atomic mass is 10.1. The minimum Gasteiger partial charge on any atom is -0.406 e. The van der Waals surface area contributed by atoms with Crippen molar-refractivity contribution in [1.29, 1.82) is 0 Å². The summed E-state index contributed by atoms with van der Waals surface area (Å²) in [5, 5.41) is -0.158. The van der Waals surface area contributed by atoms with Crippen LogP contribution in [0.25, 0.3) is 0 Å². The summed E-state index contributed by atoms with van der Waals surface area (Å²) in [4.78, 5) is 1.46. The van der Waals surface area contributed by atoms with E-state index in [1.807, 2.05) is 0 Å². The maximum Gasteiger partial charge on any atom is 0.573 e. The molecule has 11 heteroatoms. The lowest BCUT2D eigenvalue weighted by Gasteiger charge is -2.23. The van der Waals surface area contributed by atoms with Gasteiger partial charge in [0.2, 0.25) is 10.0 Å². The predicted molar refractivity (Wildman–Crippen MR) is 96.2 cm³/mol. The van der Waals surface area contributed by atoms with Gasteiger partial charge in [-0.05, 0) is 56.1 Å². The molecule has 1 atom stereocenters. The zero-order valence-electron chi connectivity index (χ0n) is 14.8. The number of likely N-dealkylation sites (N-methyl/N-ethyl adjacent to an activating group) is 1. The molecule has 0 saturated heterocycles. The van der Waals surface area contributed by atoms with Crippen LogP contribution in [0, 0.1) is 5.82 Å². The van der Waals surface area contributed by atoms with E-state index in [2.05, 4.69) is 9.46 Å². The number of hydrogen-bond donors (Lipinski definition) is 1. The Balaban J connectivity index is 2.28. The quantitative estimate of drug-likeness (QED) is 0.662. The van der Waals surface area contributed by atoms with E-state index in [0.717, 1.165) is 30.3 Å². The molecule has 2 rings (SSSR count). The van der Waals surface area contributed by atoms with Crippen molar-refractivity contribution in [3.8, 4) is 5.75 Å². The van der Waals surface area contributed by atoms with Crippen molar-refractivity contribution < 1.29 is 30.7 Å². The second kappa shape index (κ2) is 8.64. The summed E-state index contributed by atoms with van der Waals surface area (Å²) in [6, 6.07) is 6.85. The Morgan fingerprint density at radius 2 is 1.75 bits per heavy atom. The van der Waals surface area contributed by atoms with E-state index in [4.69, 9.17) is 11.6 Å². The van der Waals surface area contributed by atoms with E-state index in [-0.39, 0.29) is 16.5 Å². The lowest BCUT2D eigenvalue weighted by Crippen LogP contribution is -2.35. The summed E-state index contributed by atoms with van der Waals surface area (Å²) in [6.45, 7) is 0.233. The minimum atomic E-state index is -4.88. The zero-order chi connectivity index (χ0) is 21.1. The van der Waals surface area contributed by atoms with Crippen molar-refractivity contribution in [1.82, 2.24) is 9.62 Å². The van der Waals surface area contributed by atoms with Crippen LogP contribution < -0.4 is 9.46 Å². The molecule has 5 nitrogen and oxygen atoms in total. The molecular weight excluding hydrogens is 424 g/mol. The fraction of sp³-hybridized carbons (Fsp3) is 0.294. The molecule has 28 heavy (non-hydrogen) atoms. The number of ether oxygens (including phenoxy) is 1. The van der Waals surface area contributed by atoms with Gasteiger partial charge < -0.3 is 9.64 Å². The van der Waals surface area contributed by atoms with Crippen molar-refractivity contribution in [2.24, 2.45) is 0 Å². The topological polar surface area (TPSA) is 58.6 Å². The molecule has 0 aromatic heterocycles. The van der Waals surface area contributed by atoms with E-state index in [0.29, 0.717) is 5.56 Å². The van der Waals surface area contributed by atoms with Crippen LogP contribution in [0.2, 0.25) is 5.02 Å². The van der Waals surface area contributed by atoms with Crippen LogP contribution in [0.5, 0.6) is 5.75 Å². The number of nitrogens with zero attached hydrogens (tertiary/aromatic N) is 1. The molecule has 0 saturated carbocycles. The van der Waals surface area contributed by atoms with Gasteiger partial charge in [0, 0.05) is 6.54 Å². The van der Waals surface area contributed by atoms with Gasteiger partial charge in [0.25, 0.3) is 0 Å². The van der Waals surface area contributed by atoms with Gasteiger partial charge >= 0.3 is 6.36 Å². The summed E-state index contributed by atoms with van der Waals surface area (Å²) >= 11 is 5.78. The van der Waals surface area contributed by atoms with Crippen LogP contribution in [0.1, 0.15) is 11.6 Å². The van der Waals surface area contributed by atoms with Crippen LogP contribution in [-0.4, -0.2) is 40.3 Å². The summed E-state index contributed by atoms with van der Waals surface area (Å²) in [6.07, 6.45) is -4.88. The van der Waals surface area contributed by atoms with E-state index < -0.39 is 34.0 Å². The highest BCUT2D eigenvalue weighted by Crippen LogP contribution is 2.26. The van der Waals surface area contributed by atoms with Crippen LogP contribution >= 0.6 is 11.6 Å². The molecule has 0 bridgehead atoms. The van der Waals surface area contributed by atoms with E-state index in [1.54, 1.807) is 19.0 Å². The van der Waals surface area contributed by atoms with Crippen molar-refractivity contribution >= 4 is 21.6 Å². The Labute approximate surface area is 164 Å². The molecule has 0 heterocycles. The summed E-state index contributed by atoms with van der Waals surface area (Å²) in [5.41, 5.74) is 0.431. The molecule has 0 fully saturated rings. The van der Waals surface area contributed by atoms with Crippen LogP contribution in [0.4, 0.5) is 17.6 Å². The van der Waals surface area contributed by atoms with Gasteiger partial charge in [-0.15, -0.1) is 13.2 Å². The minimum absolute atomic E-state index is 0.158. The Morgan fingerprint density at radius 3 is 2.25 bits per heavy atom. The molecule has 154 valence electrons. The number of hydrogen-bond acceptors (Lipinski definition) is 4. The average Bonchev–Trinajstić information content (AvgIpc) is 2.55. The highest BCUT2D eigenvalue weighted by molar-refractivity contribution is 7.89. The fourth-order valence-corrected chi connectivity index (χ4v) is 3.79. The first kappa shape index (κ1) is 22.4. The molecule has 0 aliphatic rings. The molecule has 0 spiro atoms. The number of rotatable bonds is 7. The predicted octanol–water partition coefficient (Wildman–Crippen LogP) is 3.96. The molecule has 0 unspecified atom stereocenters. The van der Waals surface area contributed by atoms with Crippen molar-refractivity contribution in [3.05, 3.63) is 58.9 Å². The Morgan fingerprint density at radius 1 is 1.14 bits per heavy atom. The van der Waals surface area contributed by atoms with Gasteiger partial charge in [-0.1, -0.05) is 17.7 Å². The third kappa shape index (κ3) is 6.33. The molecule has 0 amide bonds. The van der Waals surface area contributed by atoms with Crippen molar-refractivity contribution in [2.75, 3.05) is 20.6 Å². The smallest absolute Gasteiger partial charge is 0.406 e. The first-order valence-corrected chi connectivity index (χ1v) is 9.71. The van der Waals surface area contributed by atoms with Gasteiger partial charge in [-0.3, -0.25) is 0 Å². The summed E-state index contributed by atoms with van der Waals surface area (Å²) in [5.74, 6) is -1.18. The Hall–Kier alpha value is -1.88. The maximum atomic E-state index is 13.4. The largest absolute Gasteiger partial charge is 0.573 e. The maximum absolute atomic E-state index is 13.4. The highest BCUT2D eigenvalue weighted by Gasteiger charge is 2.31. The van der Waals surface area contributed by atoms with Crippen LogP contribution in [0.3, 0.4) is 0 Å². The van der Waals surface area contributed by atoms with E-state index >= 15 is 0 Å². The van der Waals surface area contributed by atoms with Gasteiger partial charge in [-0.2, -0.15) is 0 Å². The van der Waals surface area contributed by atoms with Crippen LogP contribution in [-0.2, 0) is 10.0 Å². The SMILES string of the molecule is CN(C)C[C@@H](NS(=O)(=O)c1ccc(OC(F)(F)F)cc1)c1ccc(F)c(Cl)c1. The molecule has 0 aliphatic heterocycles. The molecule has 0 radical (unpaired) electrons. The first-order chi connectivity index (χ1) is 12.9. The lowest BCUT2D eigenvalue weighted by molar-refractivity contribution is -0.274. The fourth-order valence-electron chi connectivity index (χ4n) is 2.38. The molecule has 1 N–H and O–H groups in total. The molecule has 2 aromatic carbocycles.